The zero-order valence-electron chi connectivity index (χ0n) is 13.7. The van der Waals surface area contributed by atoms with Crippen LogP contribution in [-0.2, 0) is 0 Å². The largest absolute Gasteiger partial charge is 0.506 e. The highest BCUT2D eigenvalue weighted by atomic mass is 16.6. The summed E-state index contributed by atoms with van der Waals surface area (Å²) in [4.78, 5) is 13.5. The fraction of sp³-hybridized carbons (Fsp3) is 0.105. The lowest BCUT2D eigenvalue weighted by Gasteiger charge is -2.19. The second-order valence-electron chi connectivity index (χ2n) is 5.85. The molecule has 26 heavy (non-hydrogen) atoms. The lowest BCUT2D eigenvalue weighted by molar-refractivity contribution is 0.171. The molecule has 1 aliphatic rings. The topological polar surface area (TPSA) is 82.3 Å². The molecule has 7 heteroatoms. The number of ether oxygens (including phenoxy) is 2. The van der Waals surface area contributed by atoms with E-state index in [9.17, 15) is 5.11 Å². The standard InChI is InChI=1S/C19H14N4O3/c24-13-4-5-14(21-11-13)19-22-15-2-1-7-20-18(15)23(19)12-3-6-16-17(10-12)26-9-8-25-16/h1-7,10-11,24H,8-9H2. The molecule has 3 aromatic heterocycles. The Balaban J connectivity index is 1.76. The van der Waals surface area contributed by atoms with E-state index in [1.807, 2.05) is 34.9 Å². The maximum atomic E-state index is 9.53. The van der Waals surface area contributed by atoms with E-state index in [1.165, 1.54) is 6.20 Å². The van der Waals surface area contributed by atoms with Gasteiger partial charge in [0.15, 0.2) is 23.0 Å². The number of imidazole rings is 1. The van der Waals surface area contributed by atoms with Gasteiger partial charge in [0.05, 0.1) is 11.9 Å². The summed E-state index contributed by atoms with van der Waals surface area (Å²) < 4.78 is 13.2. The van der Waals surface area contributed by atoms with Crippen molar-refractivity contribution in [2.45, 2.75) is 0 Å². The molecule has 5 rings (SSSR count). The predicted molar refractivity (Wildman–Crippen MR) is 94.8 cm³/mol. The average molecular weight is 346 g/mol. The predicted octanol–water partition coefficient (Wildman–Crippen LogP) is 2.96. The van der Waals surface area contributed by atoms with E-state index in [0.29, 0.717) is 36.1 Å². The molecule has 0 unspecified atom stereocenters. The van der Waals surface area contributed by atoms with Crippen LogP contribution >= 0.6 is 0 Å². The van der Waals surface area contributed by atoms with Gasteiger partial charge in [-0.3, -0.25) is 4.57 Å². The summed E-state index contributed by atoms with van der Waals surface area (Å²) in [7, 11) is 0. The van der Waals surface area contributed by atoms with Crippen molar-refractivity contribution in [2.24, 2.45) is 0 Å². The Morgan fingerprint density at radius 3 is 2.69 bits per heavy atom. The van der Waals surface area contributed by atoms with Crippen LogP contribution in [0.4, 0.5) is 0 Å². The van der Waals surface area contributed by atoms with Crippen LogP contribution in [0, 0.1) is 0 Å². The summed E-state index contributed by atoms with van der Waals surface area (Å²) in [6.07, 6.45) is 3.13. The molecule has 0 saturated carbocycles. The molecule has 0 fully saturated rings. The van der Waals surface area contributed by atoms with Crippen molar-refractivity contribution in [1.29, 1.82) is 0 Å². The van der Waals surface area contributed by atoms with Crippen molar-refractivity contribution in [3.05, 3.63) is 54.9 Å². The van der Waals surface area contributed by atoms with Crippen LogP contribution in [-0.4, -0.2) is 37.8 Å². The van der Waals surface area contributed by atoms with Gasteiger partial charge in [-0.25, -0.2) is 15.0 Å². The van der Waals surface area contributed by atoms with Crippen LogP contribution in [0.1, 0.15) is 0 Å². The normalized spacial score (nSPS) is 13.1. The molecule has 128 valence electrons. The van der Waals surface area contributed by atoms with Gasteiger partial charge in [0, 0.05) is 12.3 Å². The van der Waals surface area contributed by atoms with Gasteiger partial charge >= 0.3 is 0 Å². The fourth-order valence-electron chi connectivity index (χ4n) is 3.02. The van der Waals surface area contributed by atoms with E-state index in [0.717, 1.165) is 17.0 Å². The van der Waals surface area contributed by atoms with E-state index in [-0.39, 0.29) is 5.75 Å². The fourth-order valence-corrected chi connectivity index (χ4v) is 3.02. The van der Waals surface area contributed by atoms with Crippen molar-refractivity contribution in [3.63, 3.8) is 0 Å². The van der Waals surface area contributed by atoms with Crippen molar-refractivity contribution in [2.75, 3.05) is 13.2 Å². The molecule has 1 N–H and O–H groups in total. The maximum absolute atomic E-state index is 9.53. The Morgan fingerprint density at radius 1 is 0.962 bits per heavy atom. The van der Waals surface area contributed by atoms with Gasteiger partial charge in [0.2, 0.25) is 0 Å². The van der Waals surface area contributed by atoms with Crippen LogP contribution in [0.2, 0.25) is 0 Å². The number of nitrogens with zero attached hydrogens (tertiary/aromatic N) is 4. The molecular formula is C19H14N4O3. The molecule has 1 aromatic carbocycles. The summed E-state index contributed by atoms with van der Waals surface area (Å²) in [6.45, 7) is 1.07. The zero-order valence-corrected chi connectivity index (χ0v) is 13.7. The lowest BCUT2D eigenvalue weighted by atomic mass is 10.2. The monoisotopic (exact) mass is 346 g/mol. The molecule has 0 amide bonds. The number of benzene rings is 1. The van der Waals surface area contributed by atoms with Gasteiger partial charge in [-0.1, -0.05) is 0 Å². The number of hydrogen-bond donors (Lipinski definition) is 1. The Kier molecular flexibility index (Phi) is 3.24. The molecule has 1 aliphatic heterocycles. The van der Waals surface area contributed by atoms with E-state index in [4.69, 9.17) is 9.47 Å². The minimum atomic E-state index is 0.105. The van der Waals surface area contributed by atoms with E-state index in [1.54, 1.807) is 18.3 Å². The molecular weight excluding hydrogens is 332 g/mol. The van der Waals surface area contributed by atoms with Gasteiger partial charge in [-0.05, 0) is 36.4 Å². The van der Waals surface area contributed by atoms with Crippen molar-refractivity contribution < 1.29 is 14.6 Å². The summed E-state index contributed by atoms with van der Waals surface area (Å²) in [5.41, 5.74) is 2.96. The first-order chi connectivity index (χ1) is 12.8. The first kappa shape index (κ1) is 14.7. The summed E-state index contributed by atoms with van der Waals surface area (Å²) in [6, 6.07) is 12.8. The Labute approximate surface area is 148 Å². The second-order valence-corrected chi connectivity index (χ2v) is 5.85. The number of aromatic hydroxyl groups is 1. The molecule has 0 radical (unpaired) electrons. The third-order valence-electron chi connectivity index (χ3n) is 4.18. The molecule has 0 bridgehead atoms. The molecule has 0 atom stereocenters. The quantitative estimate of drug-likeness (QED) is 0.601. The summed E-state index contributed by atoms with van der Waals surface area (Å²) in [5, 5.41) is 9.53. The third kappa shape index (κ3) is 2.33. The van der Waals surface area contributed by atoms with Gasteiger partial charge in [0.25, 0.3) is 0 Å². The van der Waals surface area contributed by atoms with Crippen LogP contribution < -0.4 is 9.47 Å². The highest BCUT2D eigenvalue weighted by Crippen LogP contribution is 2.34. The van der Waals surface area contributed by atoms with E-state index < -0.39 is 0 Å². The first-order valence-electron chi connectivity index (χ1n) is 8.18. The third-order valence-corrected chi connectivity index (χ3v) is 4.18. The van der Waals surface area contributed by atoms with Crippen LogP contribution in [0.3, 0.4) is 0 Å². The maximum Gasteiger partial charge on any atom is 0.165 e. The van der Waals surface area contributed by atoms with Crippen molar-refractivity contribution >= 4 is 11.2 Å². The molecule has 4 aromatic rings. The smallest absolute Gasteiger partial charge is 0.165 e. The zero-order chi connectivity index (χ0) is 17.5. The second kappa shape index (κ2) is 5.73. The highest BCUT2D eigenvalue weighted by molar-refractivity contribution is 5.79. The average Bonchev–Trinajstić information content (AvgIpc) is 3.07. The molecule has 4 heterocycles. The minimum absolute atomic E-state index is 0.105. The number of pyridine rings is 2. The number of hydrogen-bond acceptors (Lipinski definition) is 6. The molecule has 0 saturated heterocycles. The molecule has 0 spiro atoms. The Morgan fingerprint density at radius 2 is 1.85 bits per heavy atom. The summed E-state index contributed by atoms with van der Waals surface area (Å²) >= 11 is 0. The van der Waals surface area contributed by atoms with Crippen LogP contribution in [0.15, 0.2) is 54.9 Å². The van der Waals surface area contributed by atoms with Crippen LogP contribution in [0.5, 0.6) is 17.2 Å². The Hall–Kier alpha value is -3.61. The van der Waals surface area contributed by atoms with E-state index in [2.05, 4.69) is 15.0 Å². The SMILES string of the molecule is Oc1ccc(-c2nc3cccnc3n2-c2ccc3c(c2)OCCO3)nc1. The lowest BCUT2D eigenvalue weighted by Crippen LogP contribution is -2.15. The highest BCUT2D eigenvalue weighted by Gasteiger charge is 2.19. The first-order valence-corrected chi connectivity index (χ1v) is 8.18. The minimum Gasteiger partial charge on any atom is -0.506 e. The number of rotatable bonds is 2. The van der Waals surface area contributed by atoms with E-state index >= 15 is 0 Å². The number of aromatic nitrogens is 4. The van der Waals surface area contributed by atoms with Crippen molar-refractivity contribution in [3.8, 4) is 34.5 Å². The van der Waals surface area contributed by atoms with Crippen molar-refractivity contribution in [1.82, 2.24) is 19.5 Å². The summed E-state index contributed by atoms with van der Waals surface area (Å²) in [5.74, 6) is 2.15. The Bertz CT molecular complexity index is 1110. The molecule has 0 aliphatic carbocycles. The van der Waals surface area contributed by atoms with Gasteiger partial charge in [-0.2, -0.15) is 0 Å². The van der Waals surface area contributed by atoms with Gasteiger partial charge < -0.3 is 14.6 Å². The van der Waals surface area contributed by atoms with Gasteiger partial charge in [0.1, 0.15) is 30.2 Å². The van der Waals surface area contributed by atoms with Crippen LogP contribution in [0.25, 0.3) is 28.4 Å². The molecule has 7 nitrogen and oxygen atoms in total. The van der Waals surface area contributed by atoms with Gasteiger partial charge in [-0.15, -0.1) is 0 Å². The number of fused-ring (bicyclic) bond motifs is 2.